The highest BCUT2D eigenvalue weighted by molar-refractivity contribution is 7.92. The minimum absolute atomic E-state index is 0.0752. The molecule has 0 atom stereocenters. The van der Waals surface area contributed by atoms with E-state index in [0.717, 1.165) is 5.56 Å². The number of methoxy groups -OCH3 is 1. The van der Waals surface area contributed by atoms with E-state index in [4.69, 9.17) is 16.3 Å². The number of sulfonamides is 1. The number of fused-ring (bicyclic) bond motifs is 1. The van der Waals surface area contributed by atoms with Gasteiger partial charge in [0.25, 0.3) is 10.0 Å². The second kappa shape index (κ2) is 8.41. The van der Waals surface area contributed by atoms with E-state index in [1.807, 2.05) is 31.2 Å². The standard InChI is InChI=1S/C22H19ClN4O3S/c1-14-7-8-15(13-18(14)23)24-21-22(26-20-6-4-3-5-19(20)25-21)27-31(28,29)17-11-9-16(30-2)10-12-17/h3-13H,1-2H3,(H,24,25)(H,26,27). The van der Waals surface area contributed by atoms with Crippen molar-refractivity contribution in [3.8, 4) is 5.75 Å². The van der Waals surface area contributed by atoms with Crippen LogP contribution in [-0.4, -0.2) is 25.5 Å². The Bertz CT molecular complexity index is 1360. The Labute approximate surface area is 185 Å². The number of anilines is 3. The summed E-state index contributed by atoms with van der Waals surface area (Å²) in [5, 5.41) is 3.70. The molecule has 0 fully saturated rings. The lowest BCUT2D eigenvalue weighted by Gasteiger charge is -2.14. The van der Waals surface area contributed by atoms with Crippen LogP contribution in [0.1, 0.15) is 5.56 Å². The Balaban J connectivity index is 1.75. The van der Waals surface area contributed by atoms with E-state index >= 15 is 0 Å². The molecule has 0 bridgehead atoms. The van der Waals surface area contributed by atoms with Gasteiger partial charge in [-0.05, 0) is 61.0 Å². The number of hydrogen-bond donors (Lipinski definition) is 2. The third kappa shape index (κ3) is 4.55. The molecule has 0 unspecified atom stereocenters. The van der Waals surface area contributed by atoms with Gasteiger partial charge in [-0.25, -0.2) is 18.4 Å². The number of ether oxygens (including phenoxy) is 1. The first-order chi connectivity index (χ1) is 14.9. The van der Waals surface area contributed by atoms with Gasteiger partial charge in [0.2, 0.25) is 0 Å². The number of nitrogens with one attached hydrogen (secondary N) is 2. The summed E-state index contributed by atoms with van der Waals surface area (Å²) in [5.74, 6) is 0.893. The van der Waals surface area contributed by atoms with Gasteiger partial charge >= 0.3 is 0 Å². The van der Waals surface area contributed by atoms with Crippen LogP contribution in [0.2, 0.25) is 5.02 Å². The van der Waals surface area contributed by atoms with Crippen molar-refractivity contribution in [1.29, 1.82) is 0 Å². The monoisotopic (exact) mass is 454 g/mol. The molecule has 0 aliphatic rings. The predicted octanol–water partition coefficient (Wildman–Crippen LogP) is 5.14. The zero-order valence-corrected chi connectivity index (χ0v) is 18.3. The van der Waals surface area contributed by atoms with Crippen LogP contribution >= 0.6 is 11.6 Å². The van der Waals surface area contributed by atoms with Gasteiger partial charge in [0.05, 0.1) is 23.0 Å². The highest BCUT2D eigenvalue weighted by atomic mass is 35.5. The van der Waals surface area contributed by atoms with Crippen LogP contribution < -0.4 is 14.8 Å². The average Bonchev–Trinajstić information content (AvgIpc) is 2.76. The third-order valence-corrected chi connectivity index (χ3v) is 6.37. The van der Waals surface area contributed by atoms with Crippen molar-refractivity contribution in [2.75, 3.05) is 17.1 Å². The maximum Gasteiger partial charge on any atom is 0.263 e. The largest absolute Gasteiger partial charge is 0.497 e. The maximum atomic E-state index is 13.0. The van der Waals surface area contributed by atoms with E-state index < -0.39 is 10.0 Å². The van der Waals surface area contributed by atoms with Crippen molar-refractivity contribution < 1.29 is 13.2 Å². The molecule has 7 nitrogen and oxygen atoms in total. The summed E-state index contributed by atoms with van der Waals surface area (Å²) in [7, 11) is -2.40. The Hall–Kier alpha value is -3.36. The van der Waals surface area contributed by atoms with Crippen molar-refractivity contribution >= 4 is 50.0 Å². The molecule has 31 heavy (non-hydrogen) atoms. The molecule has 0 aliphatic carbocycles. The lowest BCUT2D eigenvalue weighted by molar-refractivity contribution is 0.414. The molecule has 0 amide bonds. The topological polar surface area (TPSA) is 93.2 Å². The van der Waals surface area contributed by atoms with Gasteiger partial charge in [-0.15, -0.1) is 0 Å². The molecule has 0 radical (unpaired) electrons. The van der Waals surface area contributed by atoms with Crippen LogP contribution in [-0.2, 0) is 10.0 Å². The lowest BCUT2D eigenvalue weighted by Crippen LogP contribution is -2.16. The quantitative estimate of drug-likeness (QED) is 0.418. The third-order valence-electron chi connectivity index (χ3n) is 4.61. The number of aromatic nitrogens is 2. The van der Waals surface area contributed by atoms with E-state index in [2.05, 4.69) is 20.0 Å². The zero-order chi connectivity index (χ0) is 22.0. The maximum absolute atomic E-state index is 13.0. The van der Waals surface area contributed by atoms with Crippen LogP contribution in [0.3, 0.4) is 0 Å². The predicted molar refractivity (Wildman–Crippen MR) is 123 cm³/mol. The molecule has 0 saturated carbocycles. The van der Waals surface area contributed by atoms with Gasteiger partial charge < -0.3 is 10.1 Å². The first-order valence-electron chi connectivity index (χ1n) is 9.32. The fourth-order valence-corrected chi connectivity index (χ4v) is 4.10. The van der Waals surface area contributed by atoms with E-state index in [1.54, 1.807) is 30.3 Å². The highest BCUT2D eigenvalue weighted by Crippen LogP contribution is 2.29. The van der Waals surface area contributed by atoms with E-state index in [9.17, 15) is 8.42 Å². The van der Waals surface area contributed by atoms with Gasteiger partial charge in [0.15, 0.2) is 11.6 Å². The van der Waals surface area contributed by atoms with Gasteiger partial charge in [-0.3, -0.25) is 4.72 Å². The van der Waals surface area contributed by atoms with Gasteiger partial charge in [-0.2, -0.15) is 0 Å². The molecule has 4 aromatic rings. The molecule has 9 heteroatoms. The van der Waals surface area contributed by atoms with Crippen LogP contribution in [0, 0.1) is 6.92 Å². The second-order valence-electron chi connectivity index (χ2n) is 6.78. The van der Waals surface area contributed by atoms with E-state index in [1.165, 1.54) is 19.2 Å². The fourth-order valence-electron chi connectivity index (χ4n) is 2.91. The van der Waals surface area contributed by atoms with E-state index in [-0.39, 0.29) is 16.5 Å². The number of nitrogens with zero attached hydrogens (tertiary/aromatic N) is 2. The lowest BCUT2D eigenvalue weighted by atomic mass is 10.2. The van der Waals surface area contributed by atoms with Crippen LogP contribution in [0.25, 0.3) is 11.0 Å². The number of para-hydroxylation sites is 2. The Morgan fingerprint density at radius 3 is 2.16 bits per heavy atom. The minimum atomic E-state index is -3.91. The Kier molecular flexibility index (Phi) is 5.67. The Morgan fingerprint density at radius 2 is 1.55 bits per heavy atom. The SMILES string of the molecule is COc1ccc(S(=O)(=O)Nc2nc3ccccc3nc2Nc2ccc(C)c(Cl)c2)cc1. The van der Waals surface area contributed by atoms with Crippen molar-refractivity contribution in [3.63, 3.8) is 0 Å². The van der Waals surface area contributed by atoms with Crippen molar-refractivity contribution in [2.45, 2.75) is 11.8 Å². The molecule has 4 rings (SSSR count). The highest BCUT2D eigenvalue weighted by Gasteiger charge is 2.19. The molecule has 0 aliphatic heterocycles. The summed E-state index contributed by atoms with van der Waals surface area (Å²) in [6.07, 6.45) is 0. The molecule has 1 heterocycles. The van der Waals surface area contributed by atoms with Crippen molar-refractivity contribution in [2.24, 2.45) is 0 Å². The zero-order valence-electron chi connectivity index (χ0n) is 16.8. The average molecular weight is 455 g/mol. The number of halogens is 1. The van der Waals surface area contributed by atoms with Crippen LogP contribution in [0.4, 0.5) is 17.3 Å². The van der Waals surface area contributed by atoms with Gasteiger partial charge in [0, 0.05) is 10.7 Å². The summed E-state index contributed by atoms with van der Waals surface area (Å²) in [6.45, 7) is 1.90. The molecular weight excluding hydrogens is 436 g/mol. The van der Waals surface area contributed by atoms with Crippen molar-refractivity contribution in [1.82, 2.24) is 9.97 Å². The number of rotatable bonds is 6. The normalized spacial score (nSPS) is 11.3. The number of aryl methyl sites for hydroxylation is 1. The van der Waals surface area contributed by atoms with Crippen LogP contribution in [0.5, 0.6) is 5.75 Å². The first kappa shape index (κ1) is 20.9. The summed E-state index contributed by atoms with van der Waals surface area (Å²) in [4.78, 5) is 9.12. The summed E-state index contributed by atoms with van der Waals surface area (Å²) in [5.41, 5.74) is 2.76. The molecule has 0 saturated heterocycles. The summed E-state index contributed by atoms with van der Waals surface area (Å²) >= 11 is 6.23. The smallest absolute Gasteiger partial charge is 0.263 e. The molecule has 158 valence electrons. The molecular formula is C22H19ClN4O3S. The van der Waals surface area contributed by atoms with Crippen molar-refractivity contribution in [3.05, 3.63) is 77.3 Å². The molecule has 1 aromatic heterocycles. The second-order valence-corrected chi connectivity index (χ2v) is 8.87. The van der Waals surface area contributed by atoms with Gasteiger partial charge in [-0.1, -0.05) is 29.8 Å². The Morgan fingerprint density at radius 1 is 0.903 bits per heavy atom. The molecule has 2 N–H and O–H groups in total. The van der Waals surface area contributed by atoms with Gasteiger partial charge in [0.1, 0.15) is 5.75 Å². The minimum Gasteiger partial charge on any atom is -0.497 e. The molecule has 0 spiro atoms. The number of hydrogen-bond acceptors (Lipinski definition) is 6. The van der Waals surface area contributed by atoms with E-state index in [0.29, 0.717) is 27.5 Å². The molecule has 3 aromatic carbocycles. The van der Waals surface area contributed by atoms with Crippen LogP contribution in [0.15, 0.2) is 71.6 Å². The summed E-state index contributed by atoms with van der Waals surface area (Å²) in [6, 6.07) is 18.7. The summed E-state index contributed by atoms with van der Waals surface area (Å²) < 4.78 is 33.6. The fraction of sp³-hybridized carbons (Fsp3) is 0.0909. The first-order valence-corrected chi connectivity index (χ1v) is 11.2. The number of benzene rings is 3.